The number of halogens is 3. The maximum atomic E-state index is 12.3. The van der Waals surface area contributed by atoms with Gasteiger partial charge in [0.25, 0.3) is 5.91 Å². The third-order valence-corrected chi connectivity index (χ3v) is 4.27. The van der Waals surface area contributed by atoms with Crippen LogP contribution in [-0.4, -0.2) is 33.9 Å². The molecule has 0 radical (unpaired) electrons. The van der Waals surface area contributed by atoms with E-state index in [0.29, 0.717) is 5.56 Å². The van der Waals surface area contributed by atoms with Gasteiger partial charge in [0, 0.05) is 18.7 Å². The molecule has 0 saturated carbocycles. The van der Waals surface area contributed by atoms with Crippen molar-refractivity contribution >= 4 is 40.7 Å². The molecular formula is C15H19Cl3N2O. The van der Waals surface area contributed by atoms with Gasteiger partial charge in [0.2, 0.25) is 3.79 Å². The quantitative estimate of drug-likeness (QED) is 0.839. The topological polar surface area (TPSA) is 32.3 Å². The zero-order valence-corrected chi connectivity index (χ0v) is 14.2. The molecule has 0 bridgehead atoms. The molecule has 1 atom stereocenters. The lowest BCUT2D eigenvalue weighted by Gasteiger charge is -2.38. The Kier molecular flexibility index (Phi) is 5.78. The van der Waals surface area contributed by atoms with Gasteiger partial charge in [-0.1, -0.05) is 58.9 Å². The lowest BCUT2D eigenvalue weighted by atomic mass is 10.1. The number of likely N-dealkylation sites (tertiary alicyclic amines) is 1. The van der Waals surface area contributed by atoms with Crippen molar-refractivity contribution in [2.75, 3.05) is 13.1 Å². The Balaban J connectivity index is 2.10. The van der Waals surface area contributed by atoms with Crippen LogP contribution in [0.15, 0.2) is 24.3 Å². The summed E-state index contributed by atoms with van der Waals surface area (Å²) in [5.41, 5.74) is 1.66. The molecule has 116 valence electrons. The number of hydrogen-bond donors (Lipinski definition) is 1. The summed E-state index contributed by atoms with van der Waals surface area (Å²) < 4.78 is -1.56. The van der Waals surface area contributed by atoms with Crippen LogP contribution in [-0.2, 0) is 0 Å². The van der Waals surface area contributed by atoms with Gasteiger partial charge < -0.3 is 5.32 Å². The summed E-state index contributed by atoms with van der Waals surface area (Å²) in [6.07, 6.45) is 2.67. The number of nitrogens with one attached hydrogen (secondary N) is 1. The van der Waals surface area contributed by atoms with E-state index in [1.807, 2.05) is 24.0 Å². The second kappa shape index (κ2) is 7.19. The number of rotatable bonds is 3. The molecule has 0 aliphatic carbocycles. The van der Waals surface area contributed by atoms with E-state index in [4.69, 9.17) is 34.8 Å². The first-order chi connectivity index (χ1) is 9.88. The second-order valence-corrected chi connectivity index (χ2v) is 7.75. The number of hydrogen-bond acceptors (Lipinski definition) is 2. The molecule has 0 unspecified atom stereocenters. The Morgan fingerprint density at radius 3 is 2.24 bits per heavy atom. The van der Waals surface area contributed by atoms with E-state index in [2.05, 4.69) is 5.32 Å². The van der Waals surface area contributed by atoms with Gasteiger partial charge in [-0.05, 0) is 31.9 Å². The van der Waals surface area contributed by atoms with Crippen LogP contribution in [0.2, 0.25) is 0 Å². The molecule has 1 aromatic rings. The molecule has 0 spiro atoms. The molecule has 1 aliphatic rings. The van der Waals surface area contributed by atoms with E-state index in [9.17, 15) is 4.79 Å². The first kappa shape index (κ1) is 16.9. The van der Waals surface area contributed by atoms with Gasteiger partial charge in [-0.15, -0.1) is 0 Å². The first-order valence-electron chi connectivity index (χ1n) is 7.06. The fourth-order valence-corrected chi connectivity index (χ4v) is 3.05. The summed E-state index contributed by atoms with van der Waals surface area (Å²) in [4.78, 5) is 14.4. The number of aryl methyl sites for hydroxylation is 1. The fraction of sp³-hybridized carbons (Fsp3) is 0.533. The molecule has 1 aliphatic heterocycles. The average Bonchev–Trinajstić information content (AvgIpc) is 2.45. The standard InChI is InChI=1S/C15H19Cl3N2O/c1-11-5-7-12(8-6-11)13(21)19-14(15(16,17)18)20-9-3-2-4-10-20/h5-8,14H,2-4,9-10H2,1H3,(H,19,21)/t14-/m0/s1. The van der Waals surface area contributed by atoms with Crippen molar-refractivity contribution in [2.45, 2.75) is 36.1 Å². The van der Waals surface area contributed by atoms with Gasteiger partial charge in [0.15, 0.2) is 0 Å². The Bertz CT molecular complexity index is 479. The Labute approximate surface area is 140 Å². The van der Waals surface area contributed by atoms with E-state index < -0.39 is 9.96 Å². The third kappa shape index (κ3) is 4.75. The highest BCUT2D eigenvalue weighted by Gasteiger charge is 2.38. The minimum Gasteiger partial charge on any atom is -0.332 e. The average molecular weight is 350 g/mol. The molecule has 1 amide bonds. The Morgan fingerprint density at radius 2 is 1.71 bits per heavy atom. The smallest absolute Gasteiger partial charge is 0.252 e. The van der Waals surface area contributed by atoms with E-state index >= 15 is 0 Å². The number of carbonyl (C=O) groups excluding carboxylic acids is 1. The summed E-state index contributed by atoms with van der Waals surface area (Å²) in [5.74, 6) is -0.225. The molecule has 3 nitrogen and oxygen atoms in total. The zero-order chi connectivity index (χ0) is 15.5. The van der Waals surface area contributed by atoms with Crippen LogP contribution in [0.25, 0.3) is 0 Å². The van der Waals surface area contributed by atoms with Crippen molar-refractivity contribution < 1.29 is 4.79 Å². The highest BCUT2D eigenvalue weighted by Crippen LogP contribution is 2.33. The van der Waals surface area contributed by atoms with Gasteiger partial charge >= 0.3 is 0 Å². The predicted octanol–water partition coefficient (Wildman–Crippen LogP) is 3.91. The summed E-state index contributed by atoms with van der Waals surface area (Å²) >= 11 is 18.2. The maximum absolute atomic E-state index is 12.3. The molecular weight excluding hydrogens is 331 g/mol. The van der Waals surface area contributed by atoms with Crippen LogP contribution in [0.5, 0.6) is 0 Å². The monoisotopic (exact) mass is 348 g/mol. The van der Waals surface area contributed by atoms with Crippen molar-refractivity contribution in [2.24, 2.45) is 0 Å². The van der Waals surface area contributed by atoms with Crippen LogP contribution in [0.4, 0.5) is 0 Å². The number of nitrogens with zero attached hydrogens (tertiary/aromatic N) is 1. The molecule has 1 N–H and O–H groups in total. The van der Waals surface area contributed by atoms with E-state index in [1.165, 1.54) is 6.42 Å². The van der Waals surface area contributed by atoms with Crippen molar-refractivity contribution in [3.05, 3.63) is 35.4 Å². The maximum Gasteiger partial charge on any atom is 0.252 e. The van der Waals surface area contributed by atoms with Crippen LogP contribution in [0, 0.1) is 6.92 Å². The van der Waals surface area contributed by atoms with Gasteiger partial charge in [-0.25, -0.2) is 0 Å². The minimum atomic E-state index is -1.56. The molecule has 6 heteroatoms. The van der Waals surface area contributed by atoms with Gasteiger partial charge in [-0.3, -0.25) is 9.69 Å². The van der Waals surface area contributed by atoms with Crippen molar-refractivity contribution in [3.63, 3.8) is 0 Å². The molecule has 1 saturated heterocycles. The van der Waals surface area contributed by atoms with Crippen molar-refractivity contribution in [3.8, 4) is 0 Å². The van der Waals surface area contributed by atoms with Gasteiger partial charge in [0.1, 0.15) is 6.17 Å². The van der Waals surface area contributed by atoms with Crippen LogP contribution in [0.1, 0.15) is 35.2 Å². The van der Waals surface area contributed by atoms with Crippen LogP contribution in [0.3, 0.4) is 0 Å². The predicted molar refractivity (Wildman–Crippen MR) is 88.1 cm³/mol. The Morgan fingerprint density at radius 1 is 1.14 bits per heavy atom. The second-order valence-electron chi connectivity index (χ2n) is 5.38. The molecule has 21 heavy (non-hydrogen) atoms. The van der Waals surface area contributed by atoms with Crippen LogP contribution >= 0.6 is 34.8 Å². The molecule has 1 fully saturated rings. The SMILES string of the molecule is Cc1ccc(C(=O)N[C@@H](N2CCCCC2)C(Cl)(Cl)Cl)cc1. The normalized spacial score (nSPS) is 18.3. The third-order valence-electron chi connectivity index (χ3n) is 3.65. The number of amides is 1. The largest absolute Gasteiger partial charge is 0.332 e. The molecule has 1 heterocycles. The van der Waals surface area contributed by atoms with Crippen molar-refractivity contribution in [1.29, 1.82) is 0 Å². The summed E-state index contributed by atoms with van der Waals surface area (Å²) in [6, 6.07) is 7.33. The van der Waals surface area contributed by atoms with Crippen molar-refractivity contribution in [1.82, 2.24) is 10.2 Å². The first-order valence-corrected chi connectivity index (χ1v) is 8.19. The number of benzene rings is 1. The Hall–Kier alpha value is -0.480. The minimum absolute atomic E-state index is 0.225. The van der Waals surface area contributed by atoms with Gasteiger partial charge in [0.05, 0.1) is 0 Å². The number of alkyl halides is 3. The molecule has 0 aromatic heterocycles. The number of carbonyl (C=O) groups is 1. The summed E-state index contributed by atoms with van der Waals surface area (Å²) in [7, 11) is 0. The highest BCUT2D eigenvalue weighted by molar-refractivity contribution is 6.68. The zero-order valence-electron chi connectivity index (χ0n) is 11.9. The molecule has 2 rings (SSSR count). The highest BCUT2D eigenvalue weighted by atomic mass is 35.6. The molecule has 1 aromatic carbocycles. The lowest BCUT2D eigenvalue weighted by Crippen LogP contribution is -2.56. The number of piperidine rings is 1. The summed E-state index contributed by atoms with van der Waals surface area (Å²) in [6.45, 7) is 3.62. The lowest BCUT2D eigenvalue weighted by molar-refractivity contribution is 0.0819. The summed E-state index contributed by atoms with van der Waals surface area (Å²) in [5, 5.41) is 2.85. The van der Waals surface area contributed by atoms with Gasteiger partial charge in [-0.2, -0.15) is 0 Å². The fourth-order valence-electron chi connectivity index (χ4n) is 2.47. The van der Waals surface area contributed by atoms with E-state index in [0.717, 1.165) is 31.5 Å². The van der Waals surface area contributed by atoms with Crippen LogP contribution < -0.4 is 5.32 Å². The van der Waals surface area contributed by atoms with E-state index in [1.54, 1.807) is 12.1 Å². The van der Waals surface area contributed by atoms with E-state index in [-0.39, 0.29) is 5.91 Å².